The smallest absolute Gasteiger partial charge is 0.339 e. The number of hydrogen-bond donors (Lipinski definition) is 2. The molecule has 24 heavy (non-hydrogen) atoms. The first-order valence-electron chi connectivity index (χ1n) is 6.99. The second-order valence-electron chi connectivity index (χ2n) is 4.84. The van der Waals surface area contributed by atoms with Gasteiger partial charge in [0.25, 0.3) is 5.91 Å². The van der Waals surface area contributed by atoms with Crippen molar-refractivity contribution in [1.29, 1.82) is 0 Å². The molecule has 0 aliphatic rings. The molecule has 0 unspecified atom stereocenters. The molecule has 124 valence electrons. The summed E-state index contributed by atoms with van der Waals surface area (Å²) >= 11 is 0. The van der Waals surface area contributed by atoms with Crippen LogP contribution in [0.15, 0.2) is 42.5 Å². The molecule has 7 heteroatoms. The molecule has 2 rings (SSSR count). The number of methoxy groups -OCH3 is 1. The van der Waals surface area contributed by atoms with E-state index < -0.39 is 17.8 Å². The Morgan fingerprint density at radius 3 is 2.42 bits per heavy atom. The van der Waals surface area contributed by atoms with E-state index in [-0.39, 0.29) is 22.6 Å². The van der Waals surface area contributed by atoms with Gasteiger partial charge in [0.15, 0.2) is 0 Å². The third-order valence-electron chi connectivity index (χ3n) is 3.08. The van der Waals surface area contributed by atoms with Crippen LogP contribution in [0.3, 0.4) is 0 Å². The van der Waals surface area contributed by atoms with E-state index in [2.05, 4.69) is 10.1 Å². The van der Waals surface area contributed by atoms with E-state index in [1.807, 2.05) is 0 Å². The van der Waals surface area contributed by atoms with Crippen LogP contribution >= 0.6 is 0 Å². The normalized spacial score (nSPS) is 9.92. The highest BCUT2D eigenvalue weighted by Gasteiger charge is 2.18. The number of esters is 2. The average molecular weight is 328 g/mol. The fraction of sp³-hybridized carbons (Fsp3) is 0.118. The summed E-state index contributed by atoms with van der Waals surface area (Å²) in [6, 6.07) is 10.7. The first-order valence-corrected chi connectivity index (χ1v) is 6.99. The fourth-order valence-electron chi connectivity index (χ4n) is 2.04. The molecule has 0 heterocycles. The van der Waals surface area contributed by atoms with Crippen molar-refractivity contribution >= 4 is 29.2 Å². The molecule has 2 aromatic carbocycles. The molecule has 0 saturated carbocycles. The average Bonchev–Trinajstić information content (AvgIpc) is 2.54. The van der Waals surface area contributed by atoms with Gasteiger partial charge < -0.3 is 20.5 Å². The molecule has 0 fully saturated rings. The molecule has 0 aliphatic carbocycles. The number of hydrogen-bond acceptors (Lipinski definition) is 6. The first-order chi connectivity index (χ1) is 11.4. The van der Waals surface area contributed by atoms with Gasteiger partial charge in [-0.1, -0.05) is 12.1 Å². The second kappa shape index (κ2) is 7.28. The van der Waals surface area contributed by atoms with Crippen LogP contribution in [-0.4, -0.2) is 25.0 Å². The lowest BCUT2D eigenvalue weighted by Gasteiger charge is -2.12. The maximum Gasteiger partial charge on any atom is 0.339 e. The fourth-order valence-corrected chi connectivity index (χ4v) is 2.04. The van der Waals surface area contributed by atoms with Gasteiger partial charge in [0.1, 0.15) is 5.75 Å². The number of nitrogens with two attached hydrogens (primary N) is 1. The summed E-state index contributed by atoms with van der Waals surface area (Å²) in [7, 11) is 1.24. The van der Waals surface area contributed by atoms with Crippen molar-refractivity contribution in [2.75, 3.05) is 18.2 Å². The van der Waals surface area contributed by atoms with Crippen LogP contribution < -0.4 is 15.8 Å². The number of para-hydroxylation sites is 1. The highest BCUT2D eigenvalue weighted by atomic mass is 16.5. The summed E-state index contributed by atoms with van der Waals surface area (Å²) in [6.07, 6.45) is 0. The maximum atomic E-state index is 12.5. The Labute approximate surface area is 138 Å². The number of anilines is 2. The summed E-state index contributed by atoms with van der Waals surface area (Å²) in [6.45, 7) is 1.24. The maximum absolute atomic E-state index is 12.5. The number of nitrogen functional groups attached to an aromatic ring is 1. The number of carbonyl (C=O) groups excluding carboxylic acids is 3. The summed E-state index contributed by atoms with van der Waals surface area (Å²) < 4.78 is 9.69. The van der Waals surface area contributed by atoms with E-state index in [0.717, 1.165) is 0 Å². The van der Waals surface area contributed by atoms with Crippen molar-refractivity contribution in [2.24, 2.45) is 0 Å². The standard InChI is InChI=1S/C17H16N2O5/c1-10(20)24-15-6-4-3-5-13(15)16(21)19-14-9-11(18)7-8-12(14)17(22)23-2/h3-9H,18H2,1-2H3,(H,19,21). The van der Waals surface area contributed by atoms with E-state index in [1.54, 1.807) is 12.1 Å². The summed E-state index contributed by atoms with van der Waals surface area (Å²) in [5.41, 5.74) is 6.57. The van der Waals surface area contributed by atoms with Gasteiger partial charge in [0.05, 0.1) is 23.9 Å². The van der Waals surface area contributed by atoms with Gasteiger partial charge in [0, 0.05) is 12.6 Å². The van der Waals surface area contributed by atoms with Gasteiger partial charge in [-0.05, 0) is 30.3 Å². The predicted octanol–water partition coefficient (Wildman–Crippen LogP) is 2.23. The number of nitrogens with one attached hydrogen (secondary N) is 1. The molecule has 2 aromatic rings. The molecule has 0 bridgehead atoms. The van der Waals surface area contributed by atoms with Gasteiger partial charge in [-0.2, -0.15) is 0 Å². The van der Waals surface area contributed by atoms with E-state index in [9.17, 15) is 14.4 Å². The lowest BCUT2D eigenvalue weighted by atomic mass is 10.1. The van der Waals surface area contributed by atoms with Crippen LogP contribution in [0, 0.1) is 0 Å². The predicted molar refractivity (Wildman–Crippen MR) is 87.9 cm³/mol. The van der Waals surface area contributed by atoms with Crippen LogP contribution in [0.5, 0.6) is 5.75 Å². The van der Waals surface area contributed by atoms with Crippen molar-refractivity contribution in [3.05, 3.63) is 53.6 Å². The van der Waals surface area contributed by atoms with E-state index in [4.69, 9.17) is 10.5 Å². The topological polar surface area (TPSA) is 108 Å². The molecule has 7 nitrogen and oxygen atoms in total. The highest BCUT2D eigenvalue weighted by molar-refractivity contribution is 6.09. The molecule has 0 saturated heterocycles. The van der Waals surface area contributed by atoms with E-state index in [0.29, 0.717) is 5.69 Å². The third-order valence-corrected chi connectivity index (χ3v) is 3.08. The summed E-state index contributed by atoms with van der Waals surface area (Å²) in [5, 5.41) is 2.59. The first kappa shape index (κ1) is 17.0. The lowest BCUT2D eigenvalue weighted by Crippen LogP contribution is -2.17. The Kier molecular flexibility index (Phi) is 5.16. The Morgan fingerprint density at radius 1 is 1.04 bits per heavy atom. The number of benzene rings is 2. The number of carbonyl (C=O) groups is 3. The number of ether oxygens (including phenoxy) is 2. The SMILES string of the molecule is COC(=O)c1ccc(N)cc1NC(=O)c1ccccc1OC(C)=O. The minimum absolute atomic E-state index is 0.117. The van der Waals surface area contributed by atoms with Crippen molar-refractivity contribution in [2.45, 2.75) is 6.92 Å². The summed E-state index contributed by atoms with van der Waals surface area (Å²) in [5.74, 6) is -1.60. The largest absolute Gasteiger partial charge is 0.465 e. The number of amides is 1. The van der Waals surface area contributed by atoms with Crippen molar-refractivity contribution in [3.63, 3.8) is 0 Å². The molecule has 0 aromatic heterocycles. The van der Waals surface area contributed by atoms with Gasteiger partial charge >= 0.3 is 11.9 Å². The molecule has 0 radical (unpaired) electrons. The van der Waals surface area contributed by atoms with Gasteiger partial charge in [-0.25, -0.2) is 4.79 Å². The minimum atomic E-state index is -0.612. The molecule has 1 amide bonds. The lowest BCUT2D eigenvalue weighted by molar-refractivity contribution is -0.131. The highest BCUT2D eigenvalue weighted by Crippen LogP contribution is 2.24. The van der Waals surface area contributed by atoms with Crippen LogP contribution in [0.2, 0.25) is 0 Å². The molecular formula is C17H16N2O5. The zero-order valence-electron chi connectivity index (χ0n) is 13.2. The monoisotopic (exact) mass is 328 g/mol. The second-order valence-corrected chi connectivity index (χ2v) is 4.84. The molecule has 0 atom stereocenters. The third kappa shape index (κ3) is 3.89. The minimum Gasteiger partial charge on any atom is -0.465 e. The van der Waals surface area contributed by atoms with Crippen molar-refractivity contribution in [1.82, 2.24) is 0 Å². The van der Waals surface area contributed by atoms with Crippen LogP contribution in [0.1, 0.15) is 27.6 Å². The molecular weight excluding hydrogens is 312 g/mol. The van der Waals surface area contributed by atoms with Crippen LogP contribution in [0.25, 0.3) is 0 Å². The Balaban J connectivity index is 2.36. The van der Waals surface area contributed by atoms with E-state index >= 15 is 0 Å². The molecule has 0 spiro atoms. The van der Waals surface area contributed by atoms with Crippen molar-refractivity contribution in [3.8, 4) is 5.75 Å². The van der Waals surface area contributed by atoms with Gasteiger partial charge in [0.2, 0.25) is 0 Å². The Hall–Kier alpha value is -3.35. The van der Waals surface area contributed by atoms with Crippen LogP contribution in [0.4, 0.5) is 11.4 Å². The van der Waals surface area contributed by atoms with Gasteiger partial charge in [-0.15, -0.1) is 0 Å². The Morgan fingerprint density at radius 2 is 1.75 bits per heavy atom. The molecule has 0 aliphatic heterocycles. The van der Waals surface area contributed by atoms with Gasteiger partial charge in [-0.3, -0.25) is 9.59 Å². The zero-order chi connectivity index (χ0) is 17.7. The van der Waals surface area contributed by atoms with E-state index in [1.165, 1.54) is 44.4 Å². The van der Waals surface area contributed by atoms with Crippen molar-refractivity contribution < 1.29 is 23.9 Å². The summed E-state index contributed by atoms with van der Waals surface area (Å²) in [4.78, 5) is 35.4. The Bertz CT molecular complexity index is 801. The zero-order valence-corrected chi connectivity index (χ0v) is 13.2. The van der Waals surface area contributed by atoms with Crippen LogP contribution in [-0.2, 0) is 9.53 Å². The quantitative estimate of drug-likeness (QED) is 0.506. The molecule has 3 N–H and O–H groups in total. The number of rotatable bonds is 4.